The Balaban J connectivity index is 0.00000361. The van der Waals surface area contributed by atoms with E-state index in [0.717, 1.165) is 24.1 Å². The lowest BCUT2D eigenvalue weighted by Gasteiger charge is -2.12. The number of nitrogens with zero attached hydrogens (tertiary/aromatic N) is 1. The van der Waals surface area contributed by atoms with E-state index in [-0.39, 0.29) is 36.4 Å². The zero-order chi connectivity index (χ0) is 14.1. The minimum Gasteiger partial charge on any atom is -0.394 e. The van der Waals surface area contributed by atoms with Crippen LogP contribution in [0.25, 0.3) is 0 Å². The van der Waals surface area contributed by atoms with Crippen molar-refractivity contribution in [3.05, 3.63) is 35.1 Å². The zero-order valence-corrected chi connectivity index (χ0v) is 14.3. The molecule has 0 bridgehead atoms. The fourth-order valence-corrected chi connectivity index (χ4v) is 1.76. The van der Waals surface area contributed by atoms with Crippen LogP contribution in [0.3, 0.4) is 0 Å². The molecule has 0 aliphatic carbocycles. The minimum atomic E-state index is -0.202. The van der Waals surface area contributed by atoms with E-state index >= 15 is 0 Å². The number of aliphatic hydroxyl groups is 1. The Morgan fingerprint density at radius 2 is 2.10 bits per heavy atom. The molecular formula is C14H23FIN3O. The largest absolute Gasteiger partial charge is 0.394 e. The second-order valence-electron chi connectivity index (χ2n) is 4.23. The first-order chi connectivity index (χ1) is 9.17. The molecule has 20 heavy (non-hydrogen) atoms. The molecule has 0 unspecified atom stereocenters. The number of benzene rings is 1. The number of hydrogen-bond acceptors (Lipinski definition) is 2. The van der Waals surface area contributed by atoms with Crippen LogP contribution < -0.4 is 10.6 Å². The smallest absolute Gasteiger partial charge is 0.191 e. The van der Waals surface area contributed by atoms with Crippen molar-refractivity contribution in [3.8, 4) is 0 Å². The van der Waals surface area contributed by atoms with Gasteiger partial charge in [-0.05, 0) is 43.5 Å². The van der Waals surface area contributed by atoms with E-state index in [9.17, 15) is 4.39 Å². The third-order valence-corrected chi connectivity index (χ3v) is 2.71. The Labute approximate surface area is 136 Å². The molecule has 0 radical (unpaired) electrons. The van der Waals surface area contributed by atoms with E-state index in [4.69, 9.17) is 5.11 Å². The summed E-state index contributed by atoms with van der Waals surface area (Å²) >= 11 is 0. The topological polar surface area (TPSA) is 56.7 Å². The standard InChI is InChI=1S/C14H22FN3O.HI/c1-3-16-14(18-8-9-19)17-7-6-12-4-5-13(15)10-11(12)2;/h4-5,10,19H,3,6-9H2,1-2H3,(H2,16,17,18);1H. The van der Waals surface area contributed by atoms with E-state index in [2.05, 4.69) is 15.6 Å². The number of nitrogens with one attached hydrogen (secondary N) is 2. The molecule has 0 amide bonds. The van der Waals surface area contributed by atoms with Gasteiger partial charge in [0.2, 0.25) is 0 Å². The van der Waals surface area contributed by atoms with Gasteiger partial charge in [-0.2, -0.15) is 0 Å². The third-order valence-electron chi connectivity index (χ3n) is 2.71. The van der Waals surface area contributed by atoms with Crippen molar-refractivity contribution >= 4 is 29.9 Å². The maximum atomic E-state index is 13.0. The number of guanidine groups is 1. The Hall–Kier alpha value is -0.890. The third kappa shape index (κ3) is 7.04. The Kier molecular flexibility index (Phi) is 10.4. The second-order valence-corrected chi connectivity index (χ2v) is 4.23. The molecule has 0 atom stereocenters. The van der Waals surface area contributed by atoms with Gasteiger partial charge in [-0.15, -0.1) is 24.0 Å². The van der Waals surface area contributed by atoms with Crippen molar-refractivity contribution in [2.75, 3.05) is 26.2 Å². The van der Waals surface area contributed by atoms with Crippen molar-refractivity contribution in [2.45, 2.75) is 20.3 Å². The fourth-order valence-electron chi connectivity index (χ4n) is 1.76. The number of rotatable bonds is 6. The Morgan fingerprint density at radius 1 is 1.35 bits per heavy atom. The summed E-state index contributed by atoms with van der Waals surface area (Å²) in [5.41, 5.74) is 2.08. The van der Waals surface area contributed by atoms with Gasteiger partial charge >= 0.3 is 0 Å². The van der Waals surface area contributed by atoms with Gasteiger partial charge in [-0.3, -0.25) is 4.99 Å². The summed E-state index contributed by atoms with van der Waals surface area (Å²) in [6.45, 7) is 5.79. The molecule has 0 saturated heterocycles. The predicted octanol–water partition coefficient (Wildman–Crippen LogP) is 1.84. The molecular weight excluding hydrogens is 372 g/mol. The molecule has 0 heterocycles. The predicted molar refractivity (Wildman–Crippen MR) is 91.3 cm³/mol. The molecule has 114 valence electrons. The van der Waals surface area contributed by atoms with Crippen LogP contribution in [0.4, 0.5) is 4.39 Å². The van der Waals surface area contributed by atoms with E-state index < -0.39 is 0 Å². The average Bonchev–Trinajstić information content (AvgIpc) is 2.38. The van der Waals surface area contributed by atoms with Gasteiger partial charge in [0.15, 0.2) is 5.96 Å². The molecule has 1 aromatic carbocycles. The lowest BCUT2D eigenvalue weighted by molar-refractivity contribution is 0.306. The van der Waals surface area contributed by atoms with Crippen LogP contribution in [0.1, 0.15) is 18.1 Å². The first-order valence-corrected chi connectivity index (χ1v) is 6.55. The highest BCUT2D eigenvalue weighted by molar-refractivity contribution is 14.0. The van der Waals surface area contributed by atoms with Gasteiger partial charge in [0.1, 0.15) is 5.82 Å². The number of halogens is 2. The van der Waals surface area contributed by atoms with E-state index in [0.29, 0.717) is 19.0 Å². The van der Waals surface area contributed by atoms with Gasteiger partial charge in [0, 0.05) is 13.1 Å². The van der Waals surface area contributed by atoms with Crippen LogP contribution in [-0.2, 0) is 6.42 Å². The average molecular weight is 395 g/mol. The molecule has 6 heteroatoms. The first-order valence-electron chi connectivity index (χ1n) is 6.55. The zero-order valence-electron chi connectivity index (χ0n) is 11.9. The molecule has 1 aromatic rings. The summed E-state index contributed by atoms with van der Waals surface area (Å²) in [6, 6.07) is 4.83. The molecule has 0 aliphatic heterocycles. The van der Waals surface area contributed by atoms with Crippen LogP contribution in [0.15, 0.2) is 23.2 Å². The summed E-state index contributed by atoms with van der Waals surface area (Å²) in [5.74, 6) is 0.489. The normalized spacial score (nSPS) is 10.9. The molecule has 0 spiro atoms. The molecule has 4 nitrogen and oxygen atoms in total. The summed E-state index contributed by atoms with van der Waals surface area (Å²) in [4.78, 5) is 4.18. The number of aliphatic hydroxyl groups excluding tert-OH is 1. The van der Waals surface area contributed by atoms with E-state index in [1.54, 1.807) is 6.07 Å². The van der Waals surface area contributed by atoms with Crippen LogP contribution in [0.5, 0.6) is 0 Å². The molecule has 3 N–H and O–H groups in total. The quantitative estimate of drug-likeness (QED) is 0.392. The summed E-state index contributed by atoms with van der Waals surface area (Å²) in [7, 11) is 0. The van der Waals surface area contributed by atoms with Crippen molar-refractivity contribution in [1.82, 2.24) is 10.6 Å². The highest BCUT2D eigenvalue weighted by Gasteiger charge is 2.01. The fraction of sp³-hybridized carbons (Fsp3) is 0.500. The van der Waals surface area contributed by atoms with Crippen LogP contribution in [0.2, 0.25) is 0 Å². The lowest BCUT2D eigenvalue weighted by Crippen LogP contribution is -2.38. The van der Waals surface area contributed by atoms with Gasteiger partial charge in [0.05, 0.1) is 13.2 Å². The number of hydrogen-bond donors (Lipinski definition) is 3. The van der Waals surface area contributed by atoms with E-state index in [1.807, 2.05) is 19.9 Å². The molecule has 0 saturated carbocycles. The maximum absolute atomic E-state index is 13.0. The Bertz CT molecular complexity index is 427. The summed E-state index contributed by atoms with van der Waals surface area (Å²) in [6.07, 6.45) is 0.801. The molecule has 0 fully saturated rings. The highest BCUT2D eigenvalue weighted by Crippen LogP contribution is 2.10. The van der Waals surface area contributed by atoms with Crippen LogP contribution >= 0.6 is 24.0 Å². The van der Waals surface area contributed by atoms with Crippen molar-refractivity contribution in [3.63, 3.8) is 0 Å². The minimum absolute atomic E-state index is 0. The maximum Gasteiger partial charge on any atom is 0.191 e. The van der Waals surface area contributed by atoms with Gasteiger partial charge in [-0.25, -0.2) is 4.39 Å². The van der Waals surface area contributed by atoms with Gasteiger partial charge in [-0.1, -0.05) is 6.07 Å². The van der Waals surface area contributed by atoms with Crippen LogP contribution in [-0.4, -0.2) is 37.3 Å². The van der Waals surface area contributed by atoms with Gasteiger partial charge in [0.25, 0.3) is 0 Å². The van der Waals surface area contributed by atoms with Crippen molar-refractivity contribution in [2.24, 2.45) is 4.99 Å². The number of aliphatic imine (C=N–C) groups is 1. The second kappa shape index (κ2) is 10.8. The lowest BCUT2D eigenvalue weighted by atomic mass is 10.1. The highest BCUT2D eigenvalue weighted by atomic mass is 127. The molecule has 0 aromatic heterocycles. The molecule has 0 aliphatic rings. The molecule has 1 rings (SSSR count). The van der Waals surface area contributed by atoms with Crippen LogP contribution in [0, 0.1) is 12.7 Å². The first kappa shape index (κ1) is 19.1. The Morgan fingerprint density at radius 3 is 2.70 bits per heavy atom. The number of aryl methyl sites for hydroxylation is 1. The SMILES string of the molecule is CCNC(=NCCO)NCCc1ccc(F)cc1C.I. The monoisotopic (exact) mass is 395 g/mol. The van der Waals surface area contributed by atoms with E-state index in [1.165, 1.54) is 6.07 Å². The van der Waals surface area contributed by atoms with Crippen molar-refractivity contribution in [1.29, 1.82) is 0 Å². The van der Waals surface area contributed by atoms with Gasteiger partial charge < -0.3 is 15.7 Å². The van der Waals surface area contributed by atoms with Crippen molar-refractivity contribution < 1.29 is 9.50 Å². The summed E-state index contributed by atoms with van der Waals surface area (Å²) in [5, 5.41) is 15.0. The summed E-state index contributed by atoms with van der Waals surface area (Å²) < 4.78 is 13.0.